The minimum absolute atomic E-state index is 0.0460. The third-order valence-corrected chi connectivity index (χ3v) is 3.66. The monoisotopic (exact) mass is 281 g/mol. The van der Waals surface area contributed by atoms with E-state index in [2.05, 4.69) is 0 Å². The summed E-state index contributed by atoms with van der Waals surface area (Å²) in [5.74, 6) is -0.186. The first-order valence-electron chi connectivity index (χ1n) is 6.26. The Morgan fingerprint density at radius 3 is 2.17 bits per heavy atom. The molecule has 110 valence electrons. The SMILES string of the molecule is CCOCC(C)OCC(CS(N)(=O)=O)C(C)(C)C. The van der Waals surface area contributed by atoms with Gasteiger partial charge in [0.2, 0.25) is 10.0 Å². The van der Waals surface area contributed by atoms with Crippen LogP contribution in [0.5, 0.6) is 0 Å². The molecule has 0 aromatic carbocycles. The largest absolute Gasteiger partial charge is 0.379 e. The molecule has 0 heterocycles. The lowest BCUT2D eigenvalue weighted by Gasteiger charge is -2.30. The minimum atomic E-state index is -3.48. The lowest BCUT2D eigenvalue weighted by Crippen LogP contribution is -2.36. The van der Waals surface area contributed by atoms with E-state index in [0.29, 0.717) is 19.8 Å². The van der Waals surface area contributed by atoms with Gasteiger partial charge in [-0.1, -0.05) is 20.8 Å². The van der Waals surface area contributed by atoms with Crippen molar-refractivity contribution in [1.29, 1.82) is 0 Å². The molecule has 0 aliphatic rings. The smallest absolute Gasteiger partial charge is 0.209 e. The predicted molar refractivity (Wildman–Crippen MR) is 72.8 cm³/mol. The van der Waals surface area contributed by atoms with Crippen molar-refractivity contribution in [1.82, 2.24) is 0 Å². The first kappa shape index (κ1) is 17.8. The minimum Gasteiger partial charge on any atom is -0.379 e. The molecule has 5 nitrogen and oxygen atoms in total. The van der Waals surface area contributed by atoms with E-state index in [1.165, 1.54) is 0 Å². The Balaban J connectivity index is 4.35. The second kappa shape index (κ2) is 7.43. The summed E-state index contributed by atoms with van der Waals surface area (Å²) in [6, 6.07) is 0. The van der Waals surface area contributed by atoms with Crippen molar-refractivity contribution in [2.24, 2.45) is 16.5 Å². The summed E-state index contributed by atoms with van der Waals surface area (Å²) in [7, 11) is -3.48. The number of sulfonamides is 1. The number of nitrogens with two attached hydrogens (primary N) is 1. The fourth-order valence-corrected chi connectivity index (χ4v) is 2.60. The maximum absolute atomic E-state index is 11.2. The van der Waals surface area contributed by atoms with Crippen LogP contribution in [0, 0.1) is 11.3 Å². The molecule has 0 rings (SSSR count). The Labute approximate surface area is 111 Å². The fraction of sp³-hybridized carbons (Fsp3) is 1.00. The van der Waals surface area contributed by atoms with Gasteiger partial charge in [-0.2, -0.15) is 0 Å². The molecule has 0 aromatic heterocycles. The van der Waals surface area contributed by atoms with E-state index in [4.69, 9.17) is 14.6 Å². The zero-order valence-corrected chi connectivity index (χ0v) is 12.9. The van der Waals surface area contributed by atoms with E-state index in [1.807, 2.05) is 34.6 Å². The molecule has 0 aliphatic heterocycles. The van der Waals surface area contributed by atoms with Crippen LogP contribution >= 0.6 is 0 Å². The molecule has 0 saturated carbocycles. The van der Waals surface area contributed by atoms with E-state index in [0.717, 1.165) is 0 Å². The molecule has 6 heteroatoms. The molecule has 0 radical (unpaired) electrons. The fourth-order valence-electron chi connectivity index (χ4n) is 1.44. The van der Waals surface area contributed by atoms with E-state index >= 15 is 0 Å². The number of hydrogen-bond donors (Lipinski definition) is 1. The number of hydrogen-bond acceptors (Lipinski definition) is 4. The average molecular weight is 281 g/mol. The molecule has 18 heavy (non-hydrogen) atoms. The van der Waals surface area contributed by atoms with Crippen molar-refractivity contribution in [2.45, 2.75) is 40.7 Å². The quantitative estimate of drug-likeness (QED) is 0.729. The Hall–Kier alpha value is -0.170. The summed E-state index contributed by atoms with van der Waals surface area (Å²) < 4.78 is 33.3. The lowest BCUT2D eigenvalue weighted by atomic mass is 9.82. The van der Waals surface area contributed by atoms with Gasteiger partial charge in [-0.15, -0.1) is 0 Å². The molecule has 0 aliphatic carbocycles. The highest BCUT2D eigenvalue weighted by molar-refractivity contribution is 7.89. The summed E-state index contributed by atoms with van der Waals surface area (Å²) in [6.07, 6.45) is -0.0460. The van der Waals surface area contributed by atoms with Crippen molar-refractivity contribution >= 4 is 10.0 Å². The molecule has 0 amide bonds. The van der Waals surface area contributed by atoms with Crippen molar-refractivity contribution < 1.29 is 17.9 Å². The van der Waals surface area contributed by atoms with Crippen LogP contribution in [0.2, 0.25) is 0 Å². The van der Waals surface area contributed by atoms with Crippen molar-refractivity contribution in [3.8, 4) is 0 Å². The predicted octanol–water partition coefficient (Wildman–Crippen LogP) is 1.38. The first-order valence-corrected chi connectivity index (χ1v) is 7.97. The highest BCUT2D eigenvalue weighted by atomic mass is 32.2. The maximum Gasteiger partial charge on any atom is 0.209 e. The maximum atomic E-state index is 11.2. The van der Waals surface area contributed by atoms with Gasteiger partial charge in [0.05, 0.1) is 25.1 Å². The number of primary sulfonamides is 1. The molecule has 0 fully saturated rings. The highest BCUT2D eigenvalue weighted by Crippen LogP contribution is 2.27. The summed E-state index contributed by atoms with van der Waals surface area (Å²) in [5, 5.41) is 5.11. The third kappa shape index (κ3) is 8.85. The second-order valence-electron chi connectivity index (χ2n) is 5.70. The summed E-state index contributed by atoms with van der Waals surface area (Å²) >= 11 is 0. The van der Waals surface area contributed by atoms with Gasteiger partial charge in [0.25, 0.3) is 0 Å². The summed E-state index contributed by atoms with van der Waals surface area (Å²) in [4.78, 5) is 0. The van der Waals surface area contributed by atoms with Crippen LogP contribution in [0.3, 0.4) is 0 Å². The van der Waals surface area contributed by atoms with Crippen LogP contribution < -0.4 is 5.14 Å². The van der Waals surface area contributed by atoms with Gasteiger partial charge < -0.3 is 9.47 Å². The van der Waals surface area contributed by atoms with Crippen molar-refractivity contribution in [3.63, 3.8) is 0 Å². The standard InChI is InChI=1S/C12H27NO4S/c1-6-16-7-10(2)17-8-11(12(3,4)5)9-18(13,14)15/h10-11H,6-9H2,1-5H3,(H2,13,14,15). The Morgan fingerprint density at radius 1 is 1.22 bits per heavy atom. The molecule has 2 atom stereocenters. The van der Waals surface area contributed by atoms with Gasteiger partial charge in [-0.05, 0) is 19.3 Å². The Bertz CT molecular complexity index is 321. The number of ether oxygens (including phenoxy) is 2. The average Bonchev–Trinajstić information content (AvgIpc) is 2.18. The van der Waals surface area contributed by atoms with E-state index in [9.17, 15) is 8.42 Å². The van der Waals surface area contributed by atoms with Crippen LogP contribution in [0.15, 0.2) is 0 Å². The van der Waals surface area contributed by atoms with Gasteiger partial charge >= 0.3 is 0 Å². The van der Waals surface area contributed by atoms with Crippen LogP contribution in [0.25, 0.3) is 0 Å². The molecule has 0 aromatic rings. The van der Waals surface area contributed by atoms with E-state index in [-0.39, 0.29) is 23.2 Å². The van der Waals surface area contributed by atoms with Gasteiger partial charge in [0, 0.05) is 12.5 Å². The molecule has 0 spiro atoms. The molecular formula is C12H27NO4S. The van der Waals surface area contributed by atoms with Crippen molar-refractivity contribution in [3.05, 3.63) is 0 Å². The van der Waals surface area contributed by atoms with Gasteiger partial charge in [-0.25, -0.2) is 13.6 Å². The summed E-state index contributed by atoms with van der Waals surface area (Å²) in [5.41, 5.74) is -0.169. The Kier molecular flexibility index (Phi) is 7.36. The lowest BCUT2D eigenvalue weighted by molar-refractivity contribution is -0.0283. The normalized spacial score (nSPS) is 16.6. The molecule has 0 bridgehead atoms. The van der Waals surface area contributed by atoms with Crippen LogP contribution in [0.4, 0.5) is 0 Å². The van der Waals surface area contributed by atoms with Crippen LogP contribution in [-0.2, 0) is 19.5 Å². The Morgan fingerprint density at radius 2 is 1.78 bits per heavy atom. The van der Waals surface area contributed by atoms with E-state index in [1.54, 1.807) is 0 Å². The third-order valence-electron chi connectivity index (χ3n) is 2.80. The second-order valence-corrected chi connectivity index (χ2v) is 7.35. The van der Waals surface area contributed by atoms with E-state index < -0.39 is 10.0 Å². The molecule has 0 saturated heterocycles. The topological polar surface area (TPSA) is 78.6 Å². The van der Waals surface area contributed by atoms with Gasteiger partial charge in [0.1, 0.15) is 0 Å². The molecular weight excluding hydrogens is 254 g/mol. The zero-order chi connectivity index (χ0) is 14.4. The molecule has 2 unspecified atom stereocenters. The zero-order valence-electron chi connectivity index (χ0n) is 12.1. The molecule has 2 N–H and O–H groups in total. The van der Waals surface area contributed by atoms with Crippen LogP contribution in [0.1, 0.15) is 34.6 Å². The summed E-state index contributed by atoms with van der Waals surface area (Å²) in [6.45, 7) is 11.3. The van der Waals surface area contributed by atoms with Gasteiger partial charge in [-0.3, -0.25) is 0 Å². The number of rotatable bonds is 8. The first-order chi connectivity index (χ1) is 8.06. The van der Waals surface area contributed by atoms with Crippen molar-refractivity contribution in [2.75, 3.05) is 25.6 Å². The van der Waals surface area contributed by atoms with Gasteiger partial charge in [0.15, 0.2) is 0 Å². The van der Waals surface area contributed by atoms with Crippen LogP contribution in [-0.4, -0.2) is 40.1 Å². The highest BCUT2D eigenvalue weighted by Gasteiger charge is 2.29.